The van der Waals surface area contributed by atoms with Crippen LogP contribution in [0, 0.1) is 12.3 Å². The third kappa shape index (κ3) is 2.25. The van der Waals surface area contributed by atoms with E-state index in [2.05, 4.69) is 4.98 Å². The predicted molar refractivity (Wildman–Crippen MR) is 60.7 cm³/mol. The summed E-state index contributed by atoms with van der Waals surface area (Å²) in [5, 5.41) is 12.3. The van der Waals surface area contributed by atoms with Crippen LogP contribution in [0.5, 0.6) is 0 Å². The molecule has 4 nitrogen and oxygen atoms in total. The highest BCUT2D eigenvalue weighted by molar-refractivity contribution is 7.09. The van der Waals surface area contributed by atoms with Crippen molar-refractivity contribution in [3.05, 3.63) is 16.1 Å². The number of rotatable bonds is 3. The normalized spacial score (nSPS) is 25.6. The Morgan fingerprint density at radius 3 is 3.06 bits per heavy atom. The molecule has 0 spiro atoms. The Morgan fingerprint density at radius 1 is 1.75 bits per heavy atom. The summed E-state index contributed by atoms with van der Waals surface area (Å²) in [6, 6.07) is 0. The summed E-state index contributed by atoms with van der Waals surface area (Å²) in [4.78, 5) is 15.7. The van der Waals surface area contributed by atoms with Gasteiger partial charge >= 0.3 is 5.97 Å². The molecule has 1 unspecified atom stereocenters. The molecule has 88 valence electrons. The molecule has 0 saturated carbocycles. The summed E-state index contributed by atoms with van der Waals surface area (Å²) in [5.74, 6) is -0.766. The molecule has 2 heterocycles. The van der Waals surface area contributed by atoms with E-state index in [1.54, 1.807) is 11.3 Å². The summed E-state index contributed by atoms with van der Waals surface area (Å²) in [7, 11) is 0. The minimum atomic E-state index is -0.766. The molecule has 1 fully saturated rings. The summed E-state index contributed by atoms with van der Waals surface area (Å²) in [5.41, 5.74) is 0.106. The predicted octanol–water partition coefficient (Wildman–Crippen LogP) is 1.88. The van der Waals surface area contributed by atoms with E-state index in [0.717, 1.165) is 17.1 Å². The van der Waals surface area contributed by atoms with Gasteiger partial charge in [0, 0.05) is 18.4 Å². The lowest BCUT2D eigenvalue weighted by Gasteiger charge is -2.32. The molecule has 1 N–H and O–H groups in total. The first-order valence-corrected chi connectivity index (χ1v) is 6.22. The van der Waals surface area contributed by atoms with E-state index < -0.39 is 11.4 Å². The van der Waals surface area contributed by atoms with Gasteiger partial charge in [0.25, 0.3) is 0 Å². The summed E-state index contributed by atoms with van der Waals surface area (Å²) in [6.45, 7) is 2.91. The lowest BCUT2D eigenvalue weighted by Crippen LogP contribution is -2.41. The van der Waals surface area contributed by atoms with Crippen molar-refractivity contribution < 1.29 is 14.6 Å². The number of nitrogens with zero attached hydrogens (tertiary/aromatic N) is 1. The number of carbonyl (C=O) groups is 1. The second kappa shape index (κ2) is 4.51. The smallest absolute Gasteiger partial charge is 0.312 e. The van der Waals surface area contributed by atoms with Crippen LogP contribution in [0.15, 0.2) is 5.38 Å². The molecule has 0 amide bonds. The Labute approximate surface area is 98.3 Å². The molecule has 1 aromatic rings. The molecule has 1 atom stereocenters. The first-order valence-electron chi connectivity index (χ1n) is 5.35. The molecule has 16 heavy (non-hydrogen) atoms. The fourth-order valence-corrected chi connectivity index (χ4v) is 2.68. The Morgan fingerprint density at radius 2 is 2.56 bits per heavy atom. The molecule has 0 aromatic carbocycles. The van der Waals surface area contributed by atoms with E-state index in [0.29, 0.717) is 26.1 Å². The largest absolute Gasteiger partial charge is 0.481 e. The molecule has 1 aliphatic heterocycles. The number of aliphatic carboxylic acids is 1. The molecule has 5 heteroatoms. The molecule has 0 radical (unpaired) electrons. The number of hydrogen-bond acceptors (Lipinski definition) is 4. The highest BCUT2D eigenvalue weighted by atomic mass is 32.1. The zero-order valence-corrected chi connectivity index (χ0v) is 10.0. The van der Waals surface area contributed by atoms with Gasteiger partial charge in [-0.2, -0.15) is 0 Å². The SMILES string of the molecule is Cc1nc(CC2(C(=O)O)CCCOC2)cs1. The van der Waals surface area contributed by atoms with Crippen molar-refractivity contribution in [2.75, 3.05) is 13.2 Å². The van der Waals surface area contributed by atoms with Gasteiger partial charge in [-0.05, 0) is 19.8 Å². The number of aromatic nitrogens is 1. The number of hydrogen-bond donors (Lipinski definition) is 1. The maximum atomic E-state index is 11.4. The number of thiazole rings is 1. The Balaban J connectivity index is 2.16. The Hall–Kier alpha value is -0.940. The third-order valence-corrected chi connectivity index (χ3v) is 3.78. The maximum absolute atomic E-state index is 11.4. The highest BCUT2D eigenvalue weighted by Crippen LogP contribution is 2.33. The van der Waals surface area contributed by atoms with E-state index in [-0.39, 0.29) is 0 Å². The molecular formula is C11H15NO3S. The second-order valence-corrected chi connectivity index (χ2v) is 5.34. The van der Waals surface area contributed by atoms with E-state index >= 15 is 0 Å². The molecule has 2 rings (SSSR count). The average Bonchev–Trinajstić information content (AvgIpc) is 2.65. The number of aryl methyl sites for hydroxylation is 1. The quantitative estimate of drug-likeness (QED) is 0.877. The zero-order chi connectivity index (χ0) is 11.6. The molecule has 1 aromatic heterocycles. The molecule has 0 aliphatic carbocycles. The van der Waals surface area contributed by atoms with Crippen LogP contribution in [-0.2, 0) is 16.0 Å². The standard InChI is InChI=1S/C11H15NO3S/c1-8-12-9(6-16-8)5-11(10(13)14)3-2-4-15-7-11/h6H,2-5,7H2,1H3,(H,13,14). The van der Waals surface area contributed by atoms with Crippen molar-refractivity contribution in [1.82, 2.24) is 4.98 Å². The lowest BCUT2D eigenvalue weighted by molar-refractivity contribution is -0.157. The van der Waals surface area contributed by atoms with Crippen molar-refractivity contribution in [3.8, 4) is 0 Å². The van der Waals surface area contributed by atoms with Crippen LogP contribution in [-0.4, -0.2) is 29.3 Å². The van der Waals surface area contributed by atoms with E-state index in [1.807, 2.05) is 12.3 Å². The lowest BCUT2D eigenvalue weighted by atomic mass is 9.79. The summed E-state index contributed by atoms with van der Waals surface area (Å²) in [6.07, 6.45) is 1.97. The molecule has 1 saturated heterocycles. The van der Waals surface area contributed by atoms with Crippen molar-refractivity contribution in [2.24, 2.45) is 5.41 Å². The van der Waals surface area contributed by atoms with Gasteiger partial charge in [-0.1, -0.05) is 0 Å². The average molecular weight is 241 g/mol. The topological polar surface area (TPSA) is 59.4 Å². The highest BCUT2D eigenvalue weighted by Gasteiger charge is 2.41. The molecule has 1 aliphatic rings. The fraction of sp³-hybridized carbons (Fsp3) is 0.636. The van der Waals surface area contributed by atoms with Crippen LogP contribution in [0.25, 0.3) is 0 Å². The second-order valence-electron chi connectivity index (χ2n) is 4.28. The van der Waals surface area contributed by atoms with Crippen molar-refractivity contribution in [2.45, 2.75) is 26.2 Å². The van der Waals surface area contributed by atoms with Gasteiger partial charge in [0.15, 0.2) is 0 Å². The minimum Gasteiger partial charge on any atom is -0.481 e. The first-order chi connectivity index (χ1) is 7.62. The van der Waals surface area contributed by atoms with E-state index in [1.165, 1.54) is 0 Å². The number of carboxylic acids is 1. The fourth-order valence-electron chi connectivity index (χ4n) is 2.07. The summed E-state index contributed by atoms with van der Waals surface area (Å²) < 4.78 is 5.32. The van der Waals surface area contributed by atoms with Crippen molar-refractivity contribution in [3.63, 3.8) is 0 Å². The van der Waals surface area contributed by atoms with Crippen LogP contribution < -0.4 is 0 Å². The summed E-state index contributed by atoms with van der Waals surface area (Å²) >= 11 is 1.56. The maximum Gasteiger partial charge on any atom is 0.312 e. The van der Waals surface area contributed by atoms with Crippen LogP contribution >= 0.6 is 11.3 Å². The van der Waals surface area contributed by atoms with E-state index in [4.69, 9.17) is 4.74 Å². The molecular weight excluding hydrogens is 226 g/mol. The minimum absolute atomic E-state index is 0.304. The number of ether oxygens (including phenoxy) is 1. The van der Waals surface area contributed by atoms with Crippen LogP contribution in [0.1, 0.15) is 23.5 Å². The van der Waals surface area contributed by atoms with Crippen LogP contribution in [0.2, 0.25) is 0 Å². The Bertz CT molecular complexity index is 382. The van der Waals surface area contributed by atoms with Gasteiger partial charge in [-0.15, -0.1) is 11.3 Å². The van der Waals surface area contributed by atoms with Gasteiger partial charge in [0.1, 0.15) is 0 Å². The Kier molecular flexibility index (Phi) is 3.25. The zero-order valence-electron chi connectivity index (χ0n) is 9.23. The monoisotopic (exact) mass is 241 g/mol. The number of carboxylic acid groups (broad SMARTS) is 1. The van der Waals surface area contributed by atoms with Gasteiger partial charge in [-0.3, -0.25) is 4.79 Å². The van der Waals surface area contributed by atoms with Gasteiger partial charge in [-0.25, -0.2) is 4.98 Å². The van der Waals surface area contributed by atoms with Gasteiger partial charge in [0.2, 0.25) is 0 Å². The van der Waals surface area contributed by atoms with Crippen LogP contribution in [0.3, 0.4) is 0 Å². The molecule has 0 bridgehead atoms. The van der Waals surface area contributed by atoms with Crippen LogP contribution in [0.4, 0.5) is 0 Å². The van der Waals surface area contributed by atoms with E-state index in [9.17, 15) is 9.90 Å². The van der Waals surface area contributed by atoms with Gasteiger partial charge in [0.05, 0.1) is 22.7 Å². The first kappa shape index (κ1) is 11.5. The van der Waals surface area contributed by atoms with Crippen molar-refractivity contribution >= 4 is 17.3 Å². The third-order valence-electron chi connectivity index (χ3n) is 2.96. The van der Waals surface area contributed by atoms with Gasteiger partial charge < -0.3 is 9.84 Å². The van der Waals surface area contributed by atoms with Crippen molar-refractivity contribution in [1.29, 1.82) is 0 Å².